The molecule has 11 nitrogen and oxygen atoms in total. The van der Waals surface area contributed by atoms with Gasteiger partial charge in [0.05, 0.1) is 36.3 Å². The second kappa shape index (κ2) is 13.6. The minimum atomic E-state index is -4.84. The summed E-state index contributed by atoms with van der Waals surface area (Å²) in [6, 6.07) is 4.41. The molecule has 2 aliphatic heterocycles. The minimum Gasteiger partial charge on any atom is -0.453 e. The molecule has 2 fully saturated rings. The highest BCUT2D eigenvalue weighted by atomic mass is 32.2. The standard InChI is InChI=1S/C29H30F6N4O7S/c1-45-27(43)38-8-6-28(44,7-9-38)25(15-4-2-3-5-16(15)29(33,34)35)47-26-24(42)22(23(41)20(13-40)46-26)39-12-19(36-37-39)14-10-17(30)21(32)18(31)11-14/h2-5,10-12,20,22-26,40-42,44H,6-9,13H2,1H3/t20-,22+,23+,24-,25-,26+/m1/s1. The number of aliphatic hydroxyl groups is 4. The Morgan fingerprint density at radius 3 is 2.36 bits per heavy atom. The van der Waals surface area contributed by atoms with Crippen LogP contribution in [0.25, 0.3) is 11.3 Å². The molecular weight excluding hydrogens is 662 g/mol. The third-order valence-corrected chi connectivity index (χ3v) is 9.94. The Hall–Kier alpha value is -3.42. The van der Waals surface area contributed by atoms with Crippen molar-refractivity contribution in [3.05, 3.63) is 71.2 Å². The van der Waals surface area contributed by atoms with E-state index in [2.05, 4.69) is 10.3 Å². The molecule has 0 spiro atoms. The van der Waals surface area contributed by atoms with E-state index in [0.717, 1.165) is 16.9 Å². The monoisotopic (exact) mass is 692 g/mol. The van der Waals surface area contributed by atoms with Gasteiger partial charge in [-0.1, -0.05) is 23.4 Å². The number of ether oxygens (including phenoxy) is 2. The predicted octanol–water partition coefficient (Wildman–Crippen LogP) is 3.43. The van der Waals surface area contributed by atoms with Crippen molar-refractivity contribution in [2.75, 3.05) is 26.8 Å². The average molecular weight is 693 g/mol. The normalized spacial score (nSPS) is 25.4. The molecule has 1 aromatic heterocycles. The lowest BCUT2D eigenvalue weighted by Gasteiger charge is -2.47. The van der Waals surface area contributed by atoms with E-state index in [1.807, 2.05) is 0 Å². The van der Waals surface area contributed by atoms with Crippen molar-refractivity contribution in [1.82, 2.24) is 19.9 Å². The lowest BCUT2D eigenvalue weighted by Crippen LogP contribution is -2.56. The number of alkyl halides is 3. The summed E-state index contributed by atoms with van der Waals surface area (Å²) >= 11 is 0.625. The van der Waals surface area contributed by atoms with Crippen LogP contribution in [0.15, 0.2) is 42.6 Å². The summed E-state index contributed by atoms with van der Waals surface area (Å²) in [5, 5.41) is 50.6. The summed E-state index contributed by atoms with van der Waals surface area (Å²) in [7, 11) is 1.17. The maximum Gasteiger partial charge on any atom is 0.416 e. The van der Waals surface area contributed by atoms with Gasteiger partial charge in [-0.05, 0) is 36.6 Å². The van der Waals surface area contributed by atoms with Crippen molar-refractivity contribution < 1.29 is 61.0 Å². The molecule has 2 saturated heterocycles. The maximum absolute atomic E-state index is 14.2. The second-order valence-electron chi connectivity index (χ2n) is 11.2. The van der Waals surface area contributed by atoms with E-state index in [1.165, 1.54) is 30.2 Å². The van der Waals surface area contributed by atoms with Gasteiger partial charge in [-0.15, -0.1) is 16.9 Å². The summed E-state index contributed by atoms with van der Waals surface area (Å²) < 4.78 is 95.4. The van der Waals surface area contributed by atoms with Crippen LogP contribution < -0.4 is 0 Å². The number of aromatic nitrogens is 3. The fourth-order valence-electron chi connectivity index (χ4n) is 5.83. The first-order valence-electron chi connectivity index (χ1n) is 14.2. The zero-order valence-corrected chi connectivity index (χ0v) is 25.3. The lowest BCUT2D eigenvalue weighted by molar-refractivity contribution is -0.179. The molecule has 0 unspecified atom stereocenters. The number of benzene rings is 2. The van der Waals surface area contributed by atoms with Crippen LogP contribution in [0.4, 0.5) is 31.1 Å². The molecule has 4 N–H and O–H groups in total. The average Bonchev–Trinajstić information content (AvgIpc) is 3.52. The molecule has 3 heterocycles. The molecule has 1 amide bonds. The number of halogens is 6. The van der Waals surface area contributed by atoms with E-state index in [0.29, 0.717) is 23.9 Å². The highest BCUT2D eigenvalue weighted by Crippen LogP contribution is 2.51. The van der Waals surface area contributed by atoms with Crippen LogP contribution in [0.5, 0.6) is 0 Å². The topological polar surface area (TPSA) is 150 Å². The van der Waals surface area contributed by atoms with Gasteiger partial charge in [-0.3, -0.25) is 0 Å². The van der Waals surface area contributed by atoms with Gasteiger partial charge in [-0.2, -0.15) is 13.2 Å². The number of piperidine rings is 1. The number of hydrogen-bond acceptors (Lipinski definition) is 10. The van der Waals surface area contributed by atoms with Crippen molar-refractivity contribution in [3.8, 4) is 11.3 Å². The largest absolute Gasteiger partial charge is 0.453 e. The number of rotatable bonds is 7. The van der Waals surface area contributed by atoms with Crippen LogP contribution in [0.1, 0.15) is 35.3 Å². The SMILES string of the molecule is COC(=O)N1CCC(O)([C@H](S[C@@H]2O[C@H](CO)[C@H](O)[C@H](n3cc(-c4cc(F)c(F)c(F)c4)nn3)[C@H]2O)c2ccccc2C(F)(F)F)CC1. The smallest absolute Gasteiger partial charge is 0.416 e. The minimum absolute atomic E-state index is 0.0601. The maximum atomic E-state index is 14.2. The first-order chi connectivity index (χ1) is 22.2. The van der Waals surface area contributed by atoms with Crippen LogP contribution in [0.2, 0.25) is 0 Å². The second-order valence-corrected chi connectivity index (χ2v) is 12.4. The molecule has 0 saturated carbocycles. The molecule has 2 aliphatic rings. The van der Waals surface area contributed by atoms with E-state index in [-0.39, 0.29) is 42.8 Å². The van der Waals surface area contributed by atoms with E-state index in [1.54, 1.807) is 0 Å². The first kappa shape index (κ1) is 34.9. The van der Waals surface area contributed by atoms with E-state index in [4.69, 9.17) is 9.47 Å². The number of carbonyl (C=O) groups is 1. The number of carbonyl (C=O) groups excluding carboxylic acids is 1. The van der Waals surface area contributed by atoms with Gasteiger partial charge < -0.3 is 34.8 Å². The molecule has 18 heteroatoms. The summed E-state index contributed by atoms with van der Waals surface area (Å²) in [6.07, 6.45) is -9.64. The van der Waals surface area contributed by atoms with Gasteiger partial charge in [0.1, 0.15) is 35.5 Å². The summed E-state index contributed by atoms with van der Waals surface area (Å²) in [4.78, 5) is 13.4. The number of amides is 1. The highest BCUT2D eigenvalue weighted by molar-refractivity contribution is 8.00. The summed E-state index contributed by atoms with van der Waals surface area (Å²) in [5.74, 6) is -4.71. The summed E-state index contributed by atoms with van der Waals surface area (Å²) in [5.41, 5.74) is -5.16. The van der Waals surface area contributed by atoms with E-state index >= 15 is 0 Å². The molecule has 2 aromatic carbocycles. The zero-order chi connectivity index (χ0) is 34.3. The number of aliphatic hydroxyl groups excluding tert-OH is 3. The number of nitrogens with zero attached hydrogens (tertiary/aromatic N) is 4. The zero-order valence-electron chi connectivity index (χ0n) is 24.5. The third kappa shape index (κ3) is 6.93. The fourth-order valence-corrected chi connectivity index (χ4v) is 7.46. The number of likely N-dealkylation sites (tertiary alicyclic amines) is 1. The van der Waals surface area contributed by atoms with Crippen LogP contribution in [-0.4, -0.2) is 103 Å². The van der Waals surface area contributed by atoms with Gasteiger partial charge in [0.25, 0.3) is 0 Å². The van der Waals surface area contributed by atoms with Crippen molar-refractivity contribution >= 4 is 17.9 Å². The van der Waals surface area contributed by atoms with Crippen molar-refractivity contribution in [1.29, 1.82) is 0 Å². The Bertz CT molecular complexity index is 1570. The Morgan fingerprint density at radius 2 is 1.77 bits per heavy atom. The molecule has 256 valence electrons. The van der Waals surface area contributed by atoms with E-state index in [9.17, 15) is 51.6 Å². The Labute approximate surface area is 267 Å². The van der Waals surface area contributed by atoms with Crippen molar-refractivity contribution in [2.24, 2.45) is 0 Å². The first-order valence-corrected chi connectivity index (χ1v) is 15.2. The Kier molecular flexibility index (Phi) is 10.1. The molecule has 47 heavy (non-hydrogen) atoms. The quantitative estimate of drug-likeness (QED) is 0.214. The molecular formula is C29H30F6N4O7S. The van der Waals surface area contributed by atoms with Gasteiger partial charge in [0.15, 0.2) is 17.5 Å². The Morgan fingerprint density at radius 1 is 1.13 bits per heavy atom. The Balaban J connectivity index is 1.51. The third-order valence-electron chi connectivity index (χ3n) is 8.31. The van der Waals surface area contributed by atoms with Crippen molar-refractivity contribution in [2.45, 2.75) is 59.7 Å². The van der Waals surface area contributed by atoms with Crippen LogP contribution in [-0.2, 0) is 15.7 Å². The molecule has 0 bridgehead atoms. The van der Waals surface area contributed by atoms with Crippen LogP contribution >= 0.6 is 11.8 Å². The molecule has 0 radical (unpaired) electrons. The molecule has 6 atom stereocenters. The van der Waals surface area contributed by atoms with Gasteiger partial charge in [-0.25, -0.2) is 22.6 Å². The number of methoxy groups -OCH3 is 1. The lowest BCUT2D eigenvalue weighted by atomic mass is 9.83. The van der Waals surface area contributed by atoms with Gasteiger partial charge in [0, 0.05) is 18.7 Å². The predicted molar refractivity (Wildman–Crippen MR) is 152 cm³/mol. The van der Waals surface area contributed by atoms with Crippen LogP contribution in [0.3, 0.4) is 0 Å². The number of thioether (sulfide) groups is 1. The molecule has 3 aromatic rings. The molecule has 5 rings (SSSR count). The number of hydrogen-bond donors (Lipinski definition) is 4. The highest BCUT2D eigenvalue weighted by Gasteiger charge is 2.51. The van der Waals surface area contributed by atoms with Gasteiger partial charge in [0.2, 0.25) is 0 Å². The summed E-state index contributed by atoms with van der Waals surface area (Å²) in [6.45, 7) is -0.926. The fraction of sp³-hybridized carbons (Fsp3) is 0.483. The van der Waals surface area contributed by atoms with E-state index < -0.39 is 82.5 Å². The van der Waals surface area contributed by atoms with Crippen LogP contribution in [0, 0.1) is 17.5 Å². The molecule has 0 aliphatic carbocycles. The van der Waals surface area contributed by atoms with Crippen molar-refractivity contribution in [3.63, 3.8) is 0 Å². The van der Waals surface area contributed by atoms with Gasteiger partial charge >= 0.3 is 12.3 Å².